The molecule has 0 aliphatic heterocycles. The highest BCUT2D eigenvalue weighted by atomic mass is 16.9. The minimum atomic E-state index is -1.83. The minimum Gasteiger partial charge on any atom is -0.450 e. The van der Waals surface area contributed by atoms with E-state index in [0.29, 0.717) is 0 Å². The highest BCUT2D eigenvalue weighted by molar-refractivity contribution is 5.72. The lowest BCUT2D eigenvalue weighted by molar-refractivity contribution is -0.742. The van der Waals surface area contributed by atoms with E-state index in [2.05, 4.69) is 22.9 Å². The molecule has 0 aromatic carbocycles. The van der Waals surface area contributed by atoms with Gasteiger partial charge >= 0.3 is 6.16 Å². The smallest absolute Gasteiger partial charge is 0.450 e. The average Bonchev–Trinajstić information content (AvgIpc) is 1.76. The fraction of sp³-hybridized carbons (Fsp3) is 0. The summed E-state index contributed by atoms with van der Waals surface area (Å²) in [5.74, 6) is -0.667. The normalized spacial score (nSPS) is 6.00. The molecule has 0 spiro atoms. The summed E-state index contributed by atoms with van der Waals surface area (Å²) in [6.07, 6.45) is -1.83. The van der Waals surface area contributed by atoms with Crippen molar-refractivity contribution >= 4 is 18.1 Å². The van der Waals surface area contributed by atoms with E-state index in [4.69, 9.17) is 41.1 Å². The van der Waals surface area contributed by atoms with E-state index in [1.54, 1.807) is 0 Å². The number of nitrogens with zero attached hydrogens (tertiary/aromatic N) is 1. The lowest BCUT2D eigenvalue weighted by Gasteiger charge is -1.69. The van der Waals surface area contributed by atoms with Gasteiger partial charge in [0.15, 0.2) is 11.9 Å². The van der Waals surface area contributed by atoms with Crippen molar-refractivity contribution in [3.63, 3.8) is 0 Å². The number of hydrogen-bond donors (Lipinski definition) is 9. The molecule has 0 rings (SSSR count). The van der Waals surface area contributed by atoms with Crippen molar-refractivity contribution in [3.8, 4) is 0 Å². The first-order valence-electron chi connectivity index (χ1n) is 2.87. The van der Waals surface area contributed by atoms with E-state index in [1.165, 1.54) is 0 Å². The molecule has 0 unspecified atom stereocenters. The van der Waals surface area contributed by atoms with Crippen LogP contribution in [-0.2, 0) is 0 Å². The molecule has 0 saturated carbocycles. The van der Waals surface area contributed by atoms with Gasteiger partial charge in [0.1, 0.15) is 0 Å². The Labute approximate surface area is 88.4 Å². The quantitative estimate of drug-likeness (QED) is 0.0935. The first-order chi connectivity index (χ1) is 6.93. The molecular formula is C3H13N7O6. The maximum atomic E-state index is 8.56. The summed E-state index contributed by atoms with van der Waals surface area (Å²) in [7, 11) is 0. The van der Waals surface area contributed by atoms with Gasteiger partial charge in [-0.05, 0) is 0 Å². The van der Waals surface area contributed by atoms with Gasteiger partial charge < -0.3 is 38.4 Å². The number of carboxylic acid groups (broad SMARTS) is 2. The Morgan fingerprint density at radius 1 is 1.06 bits per heavy atom. The first kappa shape index (κ1) is 23.1. The Balaban J connectivity index is -0.0000000600. The Kier molecular flexibility index (Phi) is 25.9. The SMILES string of the molecule is N=C(N)N.N=C(N)N.O=C(O)O.O=[N+]([O-])O. The molecule has 96 valence electrons. The fourth-order valence-electron chi connectivity index (χ4n) is 0. The lowest BCUT2D eigenvalue weighted by Crippen LogP contribution is -2.20. The van der Waals surface area contributed by atoms with Crippen molar-refractivity contribution in [1.29, 1.82) is 10.8 Å². The standard InChI is InChI=1S/2CH5N3.CH2O3.HNO3/c4*2-1(3)4/h2*(H5,2,3,4);(H2,2,3,4);(H,2,3,4). The summed E-state index contributed by atoms with van der Waals surface area (Å²) in [6.45, 7) is 0. The van der Waals surface area contributed by atoms with Gasteiger partial charge in [-0.15, -0.1) is 10.1 Å². The van der Waals surface area contributed by atoms with E-state index in [0.717, 1.165) is 0 Å². The zero-order chi connectivity index (χ0) is 14.3. The topological polar surface area (TPSA) is 273 Å². The number of hydrogen-bond acceptors (Lipinski definition) is 5. The minimum absolute atomic E-state index is 0.333. The summed E-state index contributed by atoms with van der Waals surface area (Å²) in [5.41, 5.74) is 17.9. The third-order valence-corrected chi connectivity index (χ3v) is 0. The van der Waals surface area contributed by atoms with Gasteiger partial charge in [-0.3, -0.25) is 10.8 Å². The van der Waals surface area contributed by atoms with E-state index in [1.807, 2.05) is 0 Å². The van der Waals surface area contributed by atoms with Crippen LogP contribution in [-0.4, -0.2) is 38.6 Å². The van der Waals surface area contributed by atoms with E-state index in [9.17, 15) is 0 Å². The van der Waals surface area contributed by atoms with Crippen LogP contribution in [0.15, 0.2) is 0 Å². The monoisotopic (exact) mass is 243 g/mol. The molecule has 0 aliphatic rings. The van der Waals surface area contributed by atoms with Gasteiger partial charge in [-0.2, -0.15) is 0 Å². The van der Waals surface area contributed by atoms with Crippen LogP contribution < -0.4 is 22.9 Å². The highest BCUT2D eigenvalue weighted by Gasteiger charge is 1.70. The van der Waals surface area contributed by atoms with Crippen molar-refractivity contribution in [2.75, 3.05) is 0 Å². The van der Waals surface area contributed by atoms with E-state index >= 15 is 0 Å². The molecule has 0 amide bonds. The Morgan fingerprint density at radius 3 is 1.06 bits per heavy atom. The molecule has 13 nitrogen and oxygen atoms in total. The number of nitrogens with one attached hydrogen (secondary N) is 2. The molecule has 0 aromatic rings. The van der Waals surface area contributed by atoms with Crippen LogP contribution in [0, 0.1) is 20.9 Å². The molecule has 13 heteroatoms. The molecule has 0 heterocycles. The summed E-state index contributed by atoms with van der Waals surface area (Å²) in [6, 6.07) is 0. The van der Waals surface area contributed by atoms with Crippen LogP contribution in [0.25, 0.3) is 0 Å². The molecule has 0 bridgehead atoms. The number of guanidine groups is 2. The first-order valence-corrected chi connectivity index (χ1v) is 2.87. The molecule has 0 atom stereocenters. The summed E-state index contributed by atoms with van der Waals surface area (Å²) in [5, 5.41) is 39.7. The third-order valence-electron chi connectivity index (χ3n) is 0. The van der Waals surface area contributed by atoms with Crippen molar-refractivity contribution in [1.82, 2.24) is 0 Å². The van der Waals surface area contributed by atoms with Gasteiger partial charge in [0.25, 0.3) is 5.09 Å². The van der Waals surface area contributed by atoms with Gasteiger partial charge in [0.2, 0.25) is 0 Å². The molecule has 0 saturated heterocycles. The lowest BCUT2D eigenvalue weighted by atomic mass is 11.1. The zero-order valence-corrected chi connectivity index (χ0v) is 7.82. The Bertz CT molecular complexity index is 164. The second kappa shape index (κ2) is 17.9. The maximum absolute atomic E-state index is 8.56. The van der Waals surface area contributed by atoms with Crippen molar-refractivity contribution in [2.45, 2.75) is 0 Å². The molecule has 0 aliphatic carbocycles. The van der Waals surface area contributed by atoms with Crippen LogP contribution in [0.5, 0.6) is 0 Å². The Morgan fingerprint density at radius 2 is 1.06 bits per heavy atom. The van der Waals surface area contributed by atoms with Crippen molar-refractivity contribution < 1.29 is 25.3 Å². The summed E-state index contributed by atoms with van der Waals surface area (Å²) >= 11 is 0. The molecule has 16 heavy (non-hydrogen) atoms. The fourth-order valence-corrected chi connectivity index (χ4v) is 0. The van der Waals surface area contributed by atoms with Gasteiger partial charge in [-0.25, -0.2) is 4.79 Å². The predicted octanol–water partition coefficient (Wildman–Crippen LogP) is -2.45. The average molecular weight is 243 g/mol. The van der Waals surface area contributed by atoms with Crippen molar-refractivity contribution in [3.05, 3.63) is 10.1 Å². The number of carbonyl (C=O) groups is 1. The second-order valence-corrected chi connectivity index (χ2v) is 1.43. The van der Waals surface area contributed by atoms with E-state index in [-0.39, 0.29) is 11.9 Å². The zero-order valence-electron chi connectivity index (χ0n) is 7.82. The molecule has 0 fully saturated rings. The van der Waals surface area contributed by atoms with Gasteiger partial charge in [-0.1, -0.05) is 0 Å². The van der Waals surface area contributed by atoms with Crippen LogP contribution >= 0.6 is 0 Å². The van der Waals surface area contributed by atoms with Crippen LogP contribution in [0.4, 0.5) is 4.79 Å². The van der Waals surface area contributed by atoms with Gasteiger partial charge in [0, 0.05) is 0 Å². The number of rotatable bonds is 0. The maximum Gasteiger partial charge on any atom is 0.503 e. The van der Waals surface area contributed by atoms with Crippen molar-refractivity contribution in [2.24, 2.45) is 22.9 Å². The molecule has 0 aromatic heterocycles. The third kappa shape index (κ3) is 123. The van der Waals surface area contributed by atoms with E-state index < -0.39 is 11.2 Å². The van der Waals surface area contributed by atoms with Crippen LogP contribution in [0.2, 0.25) is 0 Å². The van der Waals surface area contributed by atoms with Gasteiger partial charge in [0.05, 0.1) is 0 Å². The van der Waals surface area contributed by atoms with Crippen LogP contribution in [0.1, 0.15) is 0 Å². The largest absolute Gasteiger partial charge is 0.503 e. The number of nitrogens with two attached hydrogens (primary N) is 4. The second-order valence-electron chi connectivity index (χ2n) is 1.43. The molecule has 0 radical (unpaired) electrons. The van der Waals surface area contributed by atoms with Crippen LogP contribution in [0.3, 0.4) is 0 Å². The summed E-state index contributed by atoms with van der Waals surface area (Å²) < 4.78 is 0. The molecule has 13 N–H and O–H groups in total. The molecular weight excluding hydrogens is 230 g/mol. The summed E-state index contributed by atoms with van der Waals surface area (Å²) in [4.78, 5) is 16.9. The Hall–Kier alpha value is -2.99. The predicted molar refractivity (Wildman–Crippen MR) is 51.6 cm³/mol. The highest BCUT2D eigenvalue weighted by Crippen LogP contribution is 1.42.